The van der Waals surface area contributed by atoms with E-state index in [4.69, 9.17) is 4.74 Å². The molecule has 2 N–H and O–H groups in total. The number of carbonyl (C=O) groups excluding carboxylic acids is 2. The number of fused-ring (bicyclic) bond motifs is 1. The summed E-state index contributed by atoms with van der Waals surface area (Å²) >= 11 is 2.46. The molecule has 3 aromatic rings. The van der Waals surface area contributed by atoms with Gasteiger partial charge in [-0.2, -0.15) is 0 Å². The van der Waals surface area contributed by atoms with E-state index in [9.17, 15) is 14.4 Å². The molecule has 154 valence electrons. The average Bonchev–Trinajstić information content (AvgIpc) is 3.14. The second-order valence-corrected chi connectivity index (χ2v) is 9.02. The predicted octanol–water partition coefficient (Wildman–Crippen LogP) is 3.15. The standard InChI is InChI=1S/C19H22N4O4S2/c1-6-27-19(26)11-7-9(2)28-17(11)22-16(25)14-10(3)13-15(24)20-12(8-23(4)5)21-18(13)29-14/h7H,6,8H2,1-5H3,(H,22,25)(H,20,21,24). The number of hydrogen-bond donors (Lipinski definition) is 2. The first-order valence-electron chi connectivity index (χ1n) is 8.97. The quantitative estimate of drug-likeness (QED) is 0.578. The number of aromatic nitrogens is 2. The zero-order valence-electron chi connectivity index (χ0n) is 16.8. The molecule has 3 aromatic heterocycles. The number of esters is 1. The Labute approximate surface area is 175 Å². The summed E-state index contributed by atoms with van der Waals surface area (Å²) in [6.45, 7) is 6.04. The van der Waals surface area contributed by atoms with Crippen molar-refractivity contribution in [2.24, 2.45) is 0 Å². The minimum atomic E-state index is -0.480. The summed E-state index contributed by atoms with van der Waals surface area (Å²) in [6.07, 6.45) is 0. The molecule has 3 rings (SSSR count). The van der Waals surface area contributed by atoms with Crippen LogP contribution in [0.25, 0.3) is 10.2 Å². The van der Waals surface area contributed by atoms with Crippen LogP contribution in [0, 0.1) is 13.8 Å². The number of nitrogens with one attached hydrogen (secondary N) is 2. The number of nitrogens with zero attached hydrogens (tertiary/aromatic N) is 2. The van der Waals surface area contributed by atoms with Crippen molar-refractivity contribution in [3.63, 3.8) is 0 Å². The minimum absolute atomic E-state index is 0.250. The first-order valence-corrected chi connectivity index (χ1v) is 10.6. The summed E-state index contributed by atoms with van der Waals surface area (Å²) in [7, 11) is 3.76. The summed E-state index contributed by atoms with van der Waals surface area (Å²) in [6, 6.07) is 1.69. The van der Waals surface area contributed by atoms with E-state index >= 15 is 0 Å². The Morgan fingerprint density at radius 3 is 2.66 bits per heavy atom. The van der Waals surface area contributed by atoms with Gasteiger partial charge in [-0.15, -0.1) is 22.7 Å². The van der Waals surface area contributed by atoms with Crippen molar-refractivity contribution in [3.05, 3.63) is 43.1 Å². The van der Waals surface area contributed by atoms with E-state index in [1.165, 1.54) is 11.3 Å². The van der Waals surface area contributed by atoms with Gasteiger partial charge in [0.2, 0.25) is 0 Å². The molecule has 10 heteroatoms. The normalized spacial score (nSPS) is 11.2. The molecule has 0 aliphatic rings. The highest BCUT2D eigenvalue weighted by Crippen LogP contribution is 2.32. The van der Waals surface area contributed by atoms with E-state index in [-0.39, 0.29) is 18.1 Å². The van der Waals surface area contributed by atoms with Crippen LogP contribution in [0.2, 0.25) is 0 Å². The van der Waals surface area contributed by atoms with Crippen LogP contribution in [0.3, 0.4) is 0 Å². The molecule has 0 saturated carbocycles. The Morgan fingerprint density at radius 1 is 1.28 bits per heavy atom. The molecule has 0 spiro atoms. The van der Waals surface area contributed by atoms with Crippen molar-refractivity contribution in [2.75, 3.05) is 26.0 Å². The van der Waals surface area contributed by atoms with E-state index in [2.05, 4.69) is 15.3 Å². The highest BCUT2D eigenvalue weighted by atomic mass is 32.1. The number of ether oxygens (including phenoxy) is 1. The highest BCUT2D eigenvalue weighted by molar-refractivity contribution is 7.21. The van der Waals surface area contributed by atoms with Gasteiger partial charge in [-0.25, -0.2) is 9.78 Å². The summed E-state index contributed by atoms with van der Waals surface area (Å²) in [4.78, 5) is 48.5. The van der Waals surface area contributed by atoms with Crippen molar-refractivity contribution >= 4 is 49.8 Å². The van der Waals surface area contributed by atoms with Gasteiger partial charge in [0.1, 0.15) is 15.7 Å². The number of anilines is 1. The average molecular weight is 435 g/mol. The van der Waals surface area contributed by atoms with Gasteiger partial charge in [0.05, 0.1) is 29.0 Å². The minimum Gasteiger partial charge on any atom is -0.462 e. The number of carbonyl (C=O) groups is 2. The molecule has 0 aromatic carbocycles. The van der Waals surface area contributed by atoms with Crippen molar-refractivity contribution in [3.8, 4) is 0 Å². The number of aromatic amines is 1. The highest BCUT2D eigenvalue weighted by Gasteiger charge is 2.23. The molecule has 0 aliphatic heterocycles. The summed E-state index contributed by atoms with van der Waals surface area (Å²) in [5.41, 5.74) is 0.628. The predicted molar refractivity (Wildman–Crippen MR) is 115 cm³/mol. The number of thiophene rings is 2. The summed E-state index contributed by atoms with van der Waals surface area (Å²) in [5, 5.41) is 3.64. The van der Waals surface area contributed by atoms with E-state index in [0.717, 1.165) is 16.2 Å². The van der Waals surface area contributed by atoms with Crippen molar-refractivity contribution in [1.29, 1.82) is 0 Å². The van der Waals surface area contributed by atoms with Crippen LogP contribution in [0.5, 0.6) is 0 Å². The SMILES string of the molecule is CCOC(=O)c1cc(C)sc1NC(=O)c1sc2nc(CN(C)C)[nH]c(=O)c2c1C. The molecule has 0 aliphatic carbocycles. The molecule has 8 nitrogen and oxygen atoms in total. The maximum absolute atomic E-state index is 12.9. The van der Waals surface area contributed by atoms with E-state index < -0.39 is 5.97 Å². The molecule has 0 atom stereocenters. The van der Waals surface area contributed by atoms with Crippen molar-refractivity contribution in [2.45, 2.75) is 27.3 Å². The third kappa shape index (κ3) is 4.39. The molecular weight excluding hydrogens is 412 g/mol. The smallest absolute Gasteiger partial charge is 0.341 e. The second-order valence-electron chi connectivity index (χ2n) is 6.76. The number of amides is 1. The van der Waals surface area contributed by atoms with Crippen LogP contribution >= 0.6 is 22.7 Å². The van der Waals surface area contributed by atoms with Crippen LogP contribution in [0.1, 0.15) is 43.2 Å². The summed E-state index contributed by atoms with van der Waals surface area (Å²) in [5.74, 6) is -0.322. The molecule has 0 bridgehead atoms. The van der Waals surface area contributed by atoms with Crippen molar-refractivity contribution in [1.82, 2.24) is 14.9 Å². The Morgan fingerprint density at radius 2 is 2.00 bits per heavy atom. The lowest BCUT2D eigenvalue weighted by atomic mass is 10.2. The molecule has 0 unspecified atom stereocenters. The Hall–Kier alpha value is -2.56. The molecule has 0 fully saturated rings. The van der Waals surface area contributed by atoms with E-state index in [1.54, 1.807) is 19.9 Å². The molecular formula is C19H22N4O4S2. The first-order chi connectivity index (χ1) is 13.7. The largest absolute Gasteiger partial charge is 0.462 e. The third-order valence-corrected chi connectivity index (χ3v) is 6.25. The number of aryl methyl sites for hydroxylation is 2. The molecule has 1 amide bonds. The van der Waals surface area contributed by atoms with Gasteiger partial charge in [0.15, 0.2) is 0 Å². The fraction of sp³-hybridized carbons (Fsp3) is 0.368. The second kappa shape index (κ2) is 8.44. The van der Waals surface area contributed by atoms with E-state index in [0.29, 0.717) is 43.6 Å². The lowest BCUT2D eigenvalue weighted by Crippen LogP contribution is -2.18. The number of H-pyrrole nitrogens is 1. The molecule has 3 heterocycles. The van der Waals surface area contributed by atoms with Crippen LogP contribution in [0.4, 0.5) is 5.00 Å². The van der Waals surface area contributed by atoms with Gasteiger partial charge in [0, 0.05) is 4.88 Å². The molecule has 29 heavy (non-hydrogen) atoms. The number of hydrogen-bond acceptors (Lipinski definition) is 8. The van der Waals surface area contributed by atoms with Crippen molar-refractivity contribution < 1.29 is 14.3 Å². The van der Waals surface area contributed by atoms with Gasteiger partial charge in [-0.3, -0.25) is 9.59 Å². The van der Waals surface area contributed by atoms with Crippen LogP contribution in [-0.2, 0) is 11.3 Å². The fourth-order valence-corrected chi connectivity index (χ4v) is 4.90. The van der Waals surface area contributed by atoms with Gasteiger partial charge in [-0.1, -0.05) is 0 Å². The zero-order valence-corrected chi connectivity index (χ0v) is 18.5. The topological polar surface area (TPSA) is 104 Å². The lowest BCUT2D eigenvalue weighted by Gasteiger charge is -2.07. The van der Waals surface area contributed by atoms with Crippen LogP contribution in [-0.4, -0.2) is 47.4 Å². The van der Waals surface area contributed by atoms with Gasteiger partial charge in [-0.05, 0) is 46.5 Å². The maximum Gasteiger partial charge on any atom is 0.341 e. The zero-order chi connectivity index (χ0) is 21.3. The van der Waals surface area contributed by atoms with E-state index in [1.807, 2.05) is 25.9 Å². The maximum atomic E-state index is 12.9. The van der Waals surface area contributed by atoms with Gasteiger partial charge >= 0.3 is 5.97 Å². The third-order valence-electron chi connectivity index (χ3n) is 4.10. The monoisotopic (exact) mass is 434 g/mol. The van der Waals surface area contributed by atoms with Gasteiger partial charge in [0.25, 0.3) is 11.5 Å². The van der Waals surface area contributed by atoms with Crippen LogP contribution < -0.4 is 10.9 Å². The number of rotatable bonds is 6. The molecule has 0 saturated heterocycles. The van der Waals surface area contributed by atoms with Gasteiger partial charge < -0.3 is 19.9 Å². The Bertz CT molecular complexity index is 1140. The lowest BCUT2D eigenvalue weighted by molar-refractivity contribution is 0.0528. The first kappa shape index (κ1) is 21.2. The van der Waals surface area contributed by atoms with Crippen LogP contribution in [0.15, 0.2) is 10.9 Å². The Kier molecular flexibility index (Phi) is 6.15. The fourth-order valence-electron chi connectivity index (χ4n) is 2.91. The summed E-state index contributed by atoms with van der Waals surface area (Å²) < 4.78 is 5.06. The Balaban J connectivity index is 1.96. The molecule has 0 radical (unpaired) electrons.